The van der Waals surface area contributed by atoms with Crippen LogP contribution in [0.3, 0.4) is 0 Å². The largest absolute Gasteiger partial charge is 0.436 e. The van der Waals surface area contributed by atoms with Crippen molar-refractivity contribution in [1.82, 2.24) is 4.31 Å². The van der Waals surface area contributed by atoms with Crippen molar-refractivity contribution in [2.24, 2.45) is 0 Å². The van der Waals surface area contributed by atoms with Gasteiger partial charge in [0.15, 0.2) is 0 Å². The number of nitrogens with zero attached hydrogens (tertiary/aromatic N) is 1. The standard InChI is InChI=1S/C10H14F5NO5S2/c1-2-8(11,9(12,13)10(14,15)23(19,20)21)22(17,18)16-6-4-3-5-7-16/h2H,1,3-7H2,(H,19,20,21). The average Bonchev–Trinajstić information content (AvgIpc) is 2.45. The van der Waals surface area contributed by atoms with Gasteiger partial charge in [0, 0.05) is 13.1 Å². The van der Waals surface area contributed by atoms with E-state index in [0.717, 1.165) is 0 Å². The van der Waals surface area contributed by atoms with Crippen LogP contribution in [0.5, 0.6) is 0 Å². The van der Waals surface area contributed by atoms with E-state index >= 15 is 0 Å². The van der Waals surface area contributed by atoms with Crippen molar-refractivity contribution in [3.05, 3.63) is 12.7 Å². The monoisotopic (exact) mass is 387 g/mol. The van der Waals surface area contributed by atoms with E-state index in [0.29, 0.717) is 6.42 Å². The summed E-state index contributed by atoms with van der Waals surface area (Å²) in [7, 11) is -12.5. The smallest absolute Gasteiger partial charge is 0.281 e. The van der Waals surface area contributed by atoms with Gasteiger partial charge in [-0.1, -0.05) is 13.0 Å². The van der Waals surface area contributed by atoms with Gasteiger partial charge in [-0.3, -0.25) is 4.55 Å². The molecule has 0 aromatic carbocycles. The molecular formula is C10H14F5NO5S2. The molecule has 1 heterocycles. The van der Waals surface area contributed by atoms with Gasteiger partial charge in [-0.25, -0.2) is 12.8 Å². The molecule has 0 aliphatic carbocycles. The fourth-order valence-corrected chi connectivity index (χ4v) is 4.36. The summed E-state index contributed by atoms with van der Waals surface area (Å²) in [6.45, 7) is 1.70. The first-order valence-corrected chi connectivity index (χ1v) is 9.09. The molecule has 0 aromatic heterocycles. The highest BCUT2D eigenvalue weighted by atomic mass is 32.2. The highest BCUT2D eigenvalue weighted by Gasteiger charge is 2.80. The third-order valence-electron chi connectivity index (χ3n) is 3.41. The minimum atomic E-state index is -6.80. The Morgan fingerprint density at radius 3 is 1.74 bits per heavy atom. The Kier molecular flexibility index (Phi) is 5.23. The summed E-state index contributed by atoms with van der Waals surface area (Å²) in [5.41, 5.74) is 0. The molecule has 1 aliphatic rings. The van der Waals surface area contributed by atoms with E-state index in [9.17, 15) is 38.8 Å². The van der Waals surface area contributed by atoms with Gasteiger partial charge in [-0.05, 0) is 18.9 Å². The molecule has 13 heteroatoms. The van der Waals surface area contributed by atoms with Gasteiger partial charge >= 0.3 is 26.3 Å². The van der Waals surface area contributed by atoms with Gasteiger partial charge in [0.25, 0.3) is 10.0 Å². The number of sulfonamides is 1. The Hall–Kier alpha value is -0.790. The van der Waals surface area contributed by atoms with Crippen molar-refractivity contribution in [3.8, 4) is 0 Å². The molecular weight excluding hydrogens is 373 g/mol. The maximum atomic E-state index is 14.5. The lowest BCUT2D eigenvalue weighted by atomic mass is 10.2. The molecule has 23 heavy (non-hydrogen) atoms. The maximum Gasteiger partial charge on any atom is 0.436 e. The minimum Gasteiger partial charge on any atom is -0.281 e. The van der Waals surface area contributed by atoms with Crippen LogP contribution in [0.2, 0.25) is 0 Å². The molecule has 1 fully saturated rings. The topological polar surface area (TPSA) is 91.7 Å². The van der Waals surface area contributed by atoms with Crippen LogP contribution in [0.1, 0.15) is 19.3 Å². The highest BCUT2D eigenvalue weighted by molar-refractivity contribution is 7.91. The Labute approximate surface area is 129 Å². The van der Waals surface area contributed by atoms with Gasteiger partial charge in [0.2, 0.25) is 0 Å². The molecule has 0 aromatic rings. The van der Waals surface area contributed by atoms with Crippen molar-refractivity contribution in [2.75, 3.05) is 13.1 Å². The second kappa shape index (κ2) is 5.93. The summed E-state index contributed by atoms with van der Waals surface area (Å²) in [6, 6.07) is 0. The Balaban J connectivity index is 3.51. The molecule has 6 nitrogen and oxygen atoms in total. The third-order valence-corrected chi connectivity index (χ3v) is 6.53. The van der Waals surface area contributed by atoms with Crippen LogP contribution in [0.4, 0.5) is 22.0 Å². The fraction of sp³-hybridized carbons (Fsp3) is 0.800. The number of rotatable bonds is 6. The normalized spacial score (nSPS) is 21.7. The first-order valence-electron chi connectivity index (χ1n) is 6.21. The summed E-state index contributed by atoms with van der Waals surface area (Å²) < 4.78 is 122. The quantitative estimate of drug-likeness (QED) is 0.426. The second-order valence-corrected chi connectivity index (χ2v) is 8.40. The number of piperidine rings is 1. The lowest BCUT2D eigenvalue weighted by Crippen LogP contribution is -2.64. The molecule has 1 atom stereocenters. The number of hydrogen-bond acceptors (Lipinski definition) is 4. The van der Waals surface area contributed by atoms with E-state index in [1.54, 1.807) is 0 Å². The SMILES string of the molecule is C=CC(F)(C(F)(F)C(F)(F)S(=O)(=O)O)S(=O)(=O)N1CCCCC1. The zero-order valence-corrected chi connectivity index (χ0v) is 13.2. The Morgan fingerprint density at radius 2 is 1.39 bits per heavy atom. The predicted molar refractivity (Wildman–Crippen MR) is 69.8 cm³/mol. The van der Waals surface area contributed by atoms with Crippen LogP contribution in [0.25, 0.3) is 0 Å². The number of alkyl halides is 5. The van der Waals surface area contributed by atoms with Crippen LogP contribution in [-0.4, -0.2) is 55.0 Å². The van der Waals surface area contributed by atoms with Crippen LogP contribution < -0.4 is 0 Å². The van der Waals surface area contributed by atoms with Crippen molar-refractivity contribution >= 4 is 20.1 Å². The lowest BCUT2D eigenvalue weighted by molar-refractivity contribution is -0.199. The van der Waals surface area contributed by atoms with Crippen molar-refractivity contribution in [3.63, 3.8) is 0 Å². The molecule has 136 valence electrons. The van der Waals surface area contributed by atoms with E-state index in [-0.39, 0.29) is 17.1 Å². The highest BCUT2D eigenvalue weighted by Crippen LogP contribution is 2.51. The number of hydrogen-bond donors (Lipinski definition) is 1. The average molecular weight is 387 g/mol. The van der Waals surface area contributed by atoms with Crippen molar-refractivity contribution < 1.29 is 43.3 Å². The minimum absolute atomic E-state index is 0.187. The third kappa shape index (κ3) is 2.87. The second-order valence-electron chi connectivity index (χ2n) is 4.88. The Bertz CT molecular complexity index is 672. The maximum absolute atomic E-state index is 14.5. The molecule has 0 saturated carbocycles. The molecule has 0 spiro atoms. The summed E-state index contributed by atoms with van der Waals surface area (Å²) in [5.74, 6) is -6.31. The molecule has 0 amide bonds. The molecule has 1 unspecified atom stereocenters. The summed E-state index contributed by atoms with van der Waals surface area (Å²) in [4.78, 5) is 0. The van der Waals surface area contributed by atoms with Gasteiger partial charge in [0.1, 0.15) is 0 Å². The van der Waals surface area contributed by atoms with Crippen molar-refractivity contribution in [1.29, 1.82) is 0 Å². The lowest BCUT2D eigenvalue weighted by Gasteiger charge is -2.38. The zero-order chi connectivity index (χ0) is 18.3. The first-order chi connectivity index (χ1) is 10.2. The summed E-state index contributed by atoms with van der Waals surface area (Å²) >= 11 is 0. The van der Waals surface area contributed by atoms with Crippen molar-refractivity contribution in [2.45, 2.75) is 35.4 Å². The van der Waals surface area contributed by atoms with Crippen LogP contribution in [0.15, 0.2) is 12.7 Å². The first kappa shape index (κ1) is 20.3. The molecule has 1 saturated heterocycles. The zero-order valence-electron chi connectivity index (χ0n) is 11.6. The molecule has 1 N–H and O–H groups in total. The predicted octanol–water partition coefficient (Wildman–Crippen LogP) is 1.77. The molecule has 1 rings (SSSR count). The van der Waals surface area contributed by atoms with Gasteiger partial charge in [-0.15, -0.1) is 0 Å². The Morgan fingerprint density at radius 1 is 0.957 bits per heavy atom. The molecule has 0 radical (unpaired) electrons. The van der Waals surface area contributed by atoms with Gasteiger partial charge < -0.3 is 0 Å². The number of halogens is 5. The van der Waals surface area contributed by atoms with Crippen LogP contribution >= 0.6 is 0 Å². The van der Waals surface area contributed by atoms with Crippen LogP contribution in [0, 0.1) is 0 Å². The van der Waals surface area contributed by atoms with E-state index in [2.05, 4.69) is 6.58 Å². The fourth-order valence-electron chi connectivity index (χ4n) is 2.05. The van der Waals surface area contributed by atoms with Crippen LogP contribution in [-0.2, 0) is 20.1 Å². The summed E-state index contributed by atoms with van der Waals surface area (Å²) in [5, 5.41) is -11.5. The van der Waals surface area contributed by atoms with E-state index < -0.39 is 55.5 Å². The van der Waals surface area contributed by atoms with E-state index in [4.69, 9.17) is 4.55 Å². The van der Waals surface area contributed by atoms with Gasteiger partial charge in [0.05, 0.1) is 0 Å². The summed E-state index contributed by atoms with van der Waals surface area (Å²) in [6.07, 6.45) is 0.298. The van der Waals surface area contributed by atoms with Gasteiger partial charge in [-0.2, -0.15) is 30.3 Å². The molecule has 0 bridgehead atoms. The molecule has 1 aliphatic heterocycles. The van der Waals surface area contributed by atoms with E-state index in [1.165, 1.54) is 0 Å². The van der Waals surface area contributed by atoms with E-state index in [1.807, 2.05) is 0 Å².